The van der Waals surface area contributed by atoms with Crippen LogP contribution < -0.4 is 11.1 Å². The minimum absolute atomic E-state index is 0.0791. The molecule has 0 aliphatic carbocycles. The molecule has 0 saturated carbocycles. The molecule has 1 heterocycles. The zero-order valence-electron chi connectivity index (χ0n) is 16.8. The quantitative estimate of drug-likeness (QED) is 0.657. The minimum Gasteiger partial charge on any atom is -0.366 e. The van der Waals surface area contributed by atoms with E-state index >= 15 is 0 Å². The molecule has 0 spiro atoms. The number of amides is 3. The smallest absolute Gasteiger partial charge is 0.321 e. The van der Waals surface area contributed by atoms with Crippen molar-refractivity contribution in [3.8, 4) is 11.1 Å². The van der Waals surface area contributed by atoms with Crippen molar-refractivity contribution in [1.82, 2.24) is 4.90 Å². The van der Waals surface area contributed by atoms with Crippen LogP contribution in [0.25, 0.3) is 11.1 Å². The fraction of sp³-hybridized carbons (Fsp3) is 0.200. The second kappa shape index (κ2) is 8.82. The topological polar surface area (TPSA) is 75.4 Å². The normalized spacial score (nSPS) is 14.3. The van der Waals surface area contributed by atoms with Crippen molar-refractivity contribution in [3.05, 3.63) is 90.0 Å². The average Bonchev–Trinajstić information content (AvgIpc) is 2.80. The molecule has 5 heteroatoms. The molecule has 5 nitrogen and oxygen atoms in total. The average molecular weight is 399 g/mol. The van der Waals surface area contributed by atoms with Crippen molar-refractivity contribution in [2.45, 2.75) is 18.8 Å². The number of piperidine rings is 1. The van der Waals surface area contributed by atoms with Crippen LogP contribution in [0.15, 0.2) is 78.9 Å². The number of hydrogen-bond donors (Lipinski definition) is 2. The molecule has 3 amide bonds. The molecule has 3 aromatic rings. The number of hydrogen-bond acceptors (Lipinski definition) is 2. The Balaban J connectivity index is 1.40. The summed E-state index contributed by atoms with van der Waals surface area (Å²) in [5.74, 6) is 0.0522. The number of urea groups is 1. The Labute approximate surface area is 176 Å². The molecule has 0 unspecified atom stereocenters. The van der Waals surface area contributed by atoms with Crippen molar-refractivity contribution >= 4 is 17.6 Å². The van der Waals surface area contributed by atoms with Gasteiger partial charge in [0.05, 0.1) is 0 Å². The van der Waals surface area contributed by atoms with E-state index < -0.39 is 5.91 Å². The summed E-state index contributed by atoms with van der Waals surface area (Å²) < 4.78 is 0. The molecule has 1 fully saturated rings. The highest BCUT2D eigenvalue weighted by molar-refractivity contribution is 5.94. The standard InChI is InChI=1S/C25H25N3O2/c26-24(29)22-10-4-8-20(16-22)21-9-5-11-23(17-21)27-25(30)28-14-12-19(13-15-28)18-6-2-1-3-7-18/h1-11,16-17,19H,12-15H2,(H2,26,29)(H,27,30). The van der Waals surface area contributed by atoms with E-state index in [0.29, 0.717) is 11.5 Å². The third-order valence-electron chi connectivity index (χ3n) is 5.65. The van der Waals surface area contributed by atoms with E-state index in [1.54, 1.807) is 18.2 Å². The molecule has 0 aromatic heterocycles. The van der Waals surface area contributed by atoms with Gasteiger partial charge in [-0.05, 0) is 59.7 Å². The van der Waals surface area contributed by atoms with Gasteiger partial charge in [-0.3, -0.25) is 4.79 Å². The number of primary amides is 1. The number of likely N-dealkylation sites (tertiary alicyclic amines) is 1. The lowest BCUT2D eigenvalue weighted by atomic mass is 9.90. The molecule has 3 aromatic carbocycles. The first-order valence-electron chi connectivity index (χ1n) is 10.2. The summed E-state index contributed by atoms with van der Waals surface area (Å²) in [4.78, 5) is 26.1. The van der Waals surface area contributed by atoms with Crippen LogP contribution in [0.3, 0.4) is 0 Å². The first kappa shape index (κ1) is 19.7. The van der Waals surface area contributed by atoms with E-state index in [-0.39, 0.29) is 6.03 Å². The van der Waals surface area contributed by atoms with E-state index in [2.05, 4.69) is 29.6 Å². The van der Waals surface area contributed by atoms with Crippen molar-refractivity contribution in [3.63, 3.8) is 0 Å². The van der Waals surface area contributed by atoms with Gasteiger partial charge < -0.3 is 16.0 Å². The zero-order valence-corrected chi connectivity index (χ0v) is 16.8. The lowest BCUT2D eigenvalue weighted by Crippen LogP contribution is -2.40. The highest BCUT2D eigenvalue weighted by Crippen LogP contribution is 2.28. The van der Waals surface area contributed by atoms with Crippen molar-refractivity contribution in [2.75, 3.05) is 18.4 Å². The van der Waals surface area contributed by atoms with E-state index in [4.69, 9.17) is 5.73 Å². The molecule has 0 bridgehead atoms. The fourth-order valence-corrected chi connectivity index (χ4v) is 3.97. The van der Waals surface area contributed by atoms with Crippen LogP contribution in [-0.2, 0) is 0 Å². The highest BCUT2D eigenvalue weighted by Gasteiger charge is 2.23. The number of carbonyl (C=O) groups is 2. The molecule has 1 aliphatic rings. The Morgan fingerprint density at radius 2 is 1.50 bits per heavy atom. The Bertz CT molecular complexity index is 1040. The lowest BCUT2D eigenvalue weighted by Gasteiger charge is -2.32. The summed E-state index contributed by atoms with van der Waals surface area (Å²) in [6, 6.07) is 25.2. The van der Waals surface area contributed by atoms with Gasteiger partial charge in [-0.25, -0.2) is 4.79 Å². The van der Waals surface area contributed by atoms with E-state index in [9.17, 15) is 9.59 Å². The van der Waals surface area contributed by atoms with Crippen molar-refractivity contribution < 1.29 is 9.59 Å². The summed E-state index contributed by atoms with van der Waals surface area (Å²) in [6.07, 6.45) is 1.94. The molecule has 3 N–H and O–H groups in total. The summed E-state index contributed by atoms with van der Waals surface area (Å²) in [5.41, 5.74) is 9.72. The maximum atomic E-state index is 12.8. The SMILES string of the molecule is NC(=O)c1cccc(-c2cccc(NC(=O)N3CCC(c4ccccc4)CC3)c2)c1. The van der Waals surface area contributed by atoms with Gasteiger partial charge in [-0.2, -0.15) is 0 Å². The number of nitrogens with one attached hydrogen (secondary N) is 1. The third-order valence-corrected chi connectivity index (χ3v) is 5.65. The van der Waals surface area contributed by atoms with Gasteiger partial charge in [0.15, 0.2) is 0 Å². The number of carbonyl (C=O) groups excluding carboxylic acids is 2. The molecule has 1 saturated heterocycles. The largest absolute Gasteiger partial charge is 0.366 e. The Kier molecular flexibility index (Phi) is 5.80. The molecular formula is C25H25N3O2. The Morgan fingerprint density at radius 3 is 2.20 bits per heavy atom. The van der Waals surface area contributed by atoms with Crippen LogP contribution in [0.5, 0.6) is 0 Å². The van der Waals surface area contributed by atoms with Gasteiger partial charge in [-0.1, -0.05) is 54.6 Å². The van der Waals surface area contributed by atoms with Crippen LogP contribution in [0.4, 0.5) is 10.5 Å². The second-order valence-electron chi connectivity index (χ2n) is 7.63. The van der Waals surface area contributed by atoms with Gasteiger partial charge in [0.2, 0.25) is 5.91 Å². The first-order chi connectivity index (χ1) is 14.6. The summed E-state index contributed by atoms with van der Waals surface area (Å²) >= 11 is 0. The van der Waals surface area contributed by atoms with Crippen molar-refractivity contribution in [2.24, 2.45) is 5.73 Å². The first-order valence-corrected chi connectivity index (χ1v) is 10.2. The summed E-state index contributed by atoms with van der Waals surface area (Å²) in [7, 11) is 0. The number of nitrogens with zero attached hydrogens (tertiary/aromatic N) is 1. The maximum Gasteiger partial charge on any atom is 0.321 e. The minimum atomic E-state index is -0.458. The fourth-order valence-electron chi connectivity index (χ4n) is 3.97. The summed E-state index contributed by atoms with van der Waals surface area (Å²) in [6.45, 7) is 1.48. The number of benzene rings is 3. The van der Waals surface area contributed by atoms with Gasteiger partial charge >= 0.3 is 6.03 Å². The number of anilines is 1. The molecule has 30 heavy (non-hydrogen) atoms. The second-order valence-corrected chi connectivity index (χ2v) is 7.63. The lowest BCUT2D eigenvalue weighted by molar-refractivity contribution is 0.100. The van der Waals surface area contributed by atoms with Crippen LogP contribution in [0.1, 0.15) is 34.7 Å². The Hall–Kier alpha value is -3.60. The van der Waals surface area contributed by atoms with Crippen LogP contribution in [0, 0.1) is 0 Å². The van der Waals surface area contributed by atoms with Gasteiger partial charge in [0.1, 0.15) is 0 Å². The predicted octanol–water partition coefficient (Wildman–Crippen LogP) is 4.86. The molecule has 1 aliphatic heterocycles. The molecule has 152 valence electrons. The highest BCUT2D eigenvalue weighted by atomic mass is 16.2. The van der Waals surface area contributed by atoms with Crippen LogP contribution >= 0.6 is 0 Å². The number of rotatable bonds is 4. The van der Waals surface area contributed by atoms with E-state index in [0.717, 1.165) is 42.7 Å². The molecular weight excluding hydrogens is 374 g/mol. The van der Waals surface area contributed by atoms with Crippen LogP contribution in [-0.4, -0.2) is 29.9 Å². The van der Waals surface area contributed by atoms with Crippen LogP contribution in [0.2, 0.25) is 0 Å². The maximum absolute atomic E-state index is 12.8. The molecule has 0 radical (unpaired) electrons. The third kappa shape index (κ3) is 4.51. The van der Waals surface area contributed by atoms with E-state index in [1.165, 1.54) is 5.56 Å². The number of nitrogens with two attached hydrogens (primary N) is 1. The van der Waals surface area contributed by atoms with Gasteiger partial charge in [0, 0.05) is 24.3 Å². The summed E-state index contributed by atoms with van der Waals surface area (Å²) in [5, 5.41) is 3.01. The van der Waals surface area contributed by atoms with Gasteiger partial charge in [-0.15, -0.1) is 0 Å². The predicted molar refractivity (Wildman–Crippen MR) is 119 cm³/mol. The van der Waals surface area contributed by atoms with Gasteiger partial charge in [0.25, 0.3) is 0 Å². The molecule has 0 atom stereocenters. The Morgan fingerprint density at radius 1 is 0.833 bits per heavy atom. The van der Waals surface area contributed by atoms with E-state index in [1.807, 2.05) is 41.3 Å². The van der Waals surface area contributed by atoms with Crippen molar-refractivity contribution in [1.29, 1.82) is 0 Å². The molecule has 4 rings (SSSR count). The monoisotopic (exact) mass is 399 g/mol. The zero-order chi connectivity index (χ0) is 20.9.